The van der Waals surface area contributed by atoms with E-state index in [1.165, 1.54) is 11.6 Å². The number of hydrogen-bond acceptors (Lipinski definition) is 4. The average molecular weight is 303 g/mol. The molecule has 2 aliphatic rings. The molecule has 3 rings (SSSR count). The SMILES string of the molecule is Fc1ccccc1OCC1CCN(CC2=CNCN=C2)CC1. The predicted octanol–water partition coefficient (Wildman–Crippen LogP) is 2.43. The van der Waals surface area contributed by atoms with Gasteiger partial charge in [-0.1, -0.05) is 12.1 Å². The van der Waals surface area contributed by atoms with Crippen LogP contribution < -0.4 is 10.1 Å². The summed E-state index contributed by atoms with van der Waals surface area (Å²) in [6.45, 7) is 4.32. The Morgan fingerprint density at radius 2 is 2.09 bits per heavy atom. The second kappa shape index (κ2) is 7.40. The molecule has 0 radical (unpaired) electrons. The quantitative estimate of drug-likeness (QED) is 0.908. The molecule has 22 heavy (non-hydrogen) atoms. The maximum atomic E-state index is 13.5. The summed E-state index contributed by atoms with van der Waals surface area (Å²) in [4.78, 5) is 6.66. The van der Waals surface area contributed by atoms with Crippen molar-refractivity contribution < 1.29 is 9.13 Å². The number of rotatable bonds is 5. The minimum atomic E-state index is -0.282. The van der Waals surface area contributed by atoms with E-state index < -0.39 is 0 Å². The first-order valence-electron chi connectivity index (χ1n) is 7.83. The standard InChI is InChI=1S/C17H22FN3O/c18-16-3-1-2-4-17(16)22-12-14-5-7-21(8-6-14)11-15-9-19-13-20-10-15/h1-4,9-10,14,19H,5-8,11-13H2. The van der Waals surface area contributed by atoms with Crippen LogP contribution in [0.25, 0.3) is 0 Å². The third-order valence-electron chi connectivity index (χ3n) is 4.15. The summed E-state index contributed by atoms with van der Waals surface area (Å²) in [6.07, 6.45) is 6.17. The normalized spacial score (nSPS) is 19.6. The summed E-state index contributed by atoms with van der Waals surface area (Å²) in [5.74, 6) is 0.582. The van der Waals surface area contributed by atoms with Crippen LogP contribution in [0.15, 0.2) is 41.0 Å². The van der Waals surface area contributed by atoms with E-state index in [1.807, 2.05) is 12.4 Å². The van der Waals surface area contributed by atoms with Crippen LogP contribution in [0.4, 0.5) is 4.39 Å². The summed E-state index contributed by atoms with van der Waals surface area (Å²) < 4.78 is 19.1. The smallest absolute Gasteiger partial charge is 0.165 e. The molecule has 1 saturated heterocycles. The van der Waals surface area contributed by atoms with Crippen molar-refractivity contribution in [3.8, 4) is 5.75 Å². The molecule has 1 aromatic carbocycles. The zero-order valence-electron chi connectivity index (χ0n) is 12.7. The van der Waals surface area contributed by atoms with Crippen LogP contribution in [0.1, 0.15) is 12.8 Å². The lowest BCUT2D eigenvalue weighted by Gasteiger charge is -2.32. The molecule has 0 saturated carbocycles. The summed E-state index contributed by atoms with van der Waals surface area (Å²) in [6, 6.07) is 6.60. The van der Waals surface area contributed by atoms with Gasteiger partial charge in [0.15, 0.2) is 11.6 Å². The maximum absolute atomic E-state index is 13.5. The number of aliphatic imine (C=N–C) groups is 1. The fourth-order valence-electron chi connectivity index (χ4n) is 2.85. The van der Waals surface area contributed by atoms with Crippen molar-refractivity contribution in [1.82, 2.24) is 10.2 Å². The molecule has 0 unspecified atom stereocenters. The third-order valence-corrected chi connectivity index (χ3v) is 4.15. The molecule has 0 aromatic heterocycles. The van der Waals surface area contributed by atoms with E-state index in [0.29, 0.717) is 24.9 Å². The van der Waals surface area contributed by atoms with E-state index in [1.54, 1.807) is 18.2 Å². The van der Waals surface area contributed by atoms with Gasteiger partial charge in [0.1, 0.15) is 6.67 Å². The molecule has 0 amide bonds. The highest BCUT2D eigenvalue weighted by atomic mass is 19.1. The molecule has 118 valence electrons. The lowest BCUT2D eigenvalue weighted by molar-refractivity contribution is 0.147. The molecule has 1 aromatic rings. The van der Waals surface area contributed by atoms with Crippen LogP contribution in [0, 0.1) is 11.7 Å². The van der Waals surface area contributed by atoms with E-state index in [9.17, 15) is 4.39 Å². The van der Waals surface area contributed by atoms with Gasteiger partial charge in [0.2, 0.25) is 0 Å². The van der Waals surface area contributed by atoms with Gasteiger partial charge in [0, 0.05) is 19.0 Å². The highest BCUT2D eigenvalue weighted by Gasteiger charge is 2.20. The third kappa shape index (κ3) is 4.07. The molecule has 2 aliphatic heterocycles. The van der Waals surface area contributed by atoms with Crippen LogP contribution in [-0.4, -0.2) is 44.0 Å². The Kier molecular flexibility index (Phi) is 5.06. The zero-order valence-corrected chi connectivity index (χ0v) is 12.7. The van der Waals surface area contributed by atoms with Gasteiger partial charge in [0.25, 0.3) is 0 Å². The van der Waals surface area contributed by atoms with Crippen molar-refractivity contribution in [2.24, 2.45) is 10.9 Å². The van der Waals surface area contributed by atoms with Crippen molar-refractivity contribution in [2.75, 3.05) is 32.9 Å². The molecule has 0 bridgehead atoms. The van der Waals surface area contributed by atoms with Crippen LogP contribution in [0.3, 0.4) is 0 Å². The van der Waals surface area contributed by atoms with E-state index in [-0.39, 0.29) is 5.82 Å². The monoisotopic (exact) mass is 303 g/mol. The zero-order chi connectivity index (χ0) is 15.2. The second-order valence-electron chi connectivity index (χ2n) is 5.85. The average Bonchev–Trinajstić information content (AvgIpc) is 2.56. The Balaban J connectivity index is 1.41. The van der Waals surface area contributed by atoms with Crippen LogP contribution >= 0.6 is 0 Å². The van der Waals surface area contributed by atoms with Crippen molar-refractivity contribution in [1.29, 1.82) is 0 Å². The maximum Gasteiger partial charge on any atom is 0.165 e. The van der Waals surface area contributed by atoms with Gasteiger partial charge in [0.05, 0.1) is 6.61 Å². The highest BCUT2D eigenvalue weighted by molar-refractivity contribution is 5.79. The van der Waals surface area contributed by atoms with Gasteiger partial charge < -0.3 is 10.1 Å². The summed E-state index contributed by atoms with van der Waals surface area (Å²) >= 11 is 0. The number of piperidine rings is 1. The number of hydrogen-bond donors (Lipinski definition) is 1. The predicted molar refractivity (Wildman–Crippen MR) is 85.6 cm³/mol. The number of nitrogens with zero attached hydrogens (tertiary/aromatic N) is 2. The molecule has 0 atom stereocenters. The van der Waals surface area contributed by atoms with Gasteiger partial charge in [-0.15, -0.1) is 0 Å². The molecule has 1 fully saturated rings. The Morgan fingerprint density at radius 3 is 2.82 bits per heavy atom. The Morgan fingerprint density at radius 1 is 1.27 bits per heavy atom. The van der Waals surface area contributed by atoms with Crippen molar-refractivity contribution in [3.05, 3.63) is 41.9 Å². The van der Waals surface area contributed by atoms with Gasteiger partial charge in [-0.3, -0.25) is 9.89 Å². The van der Waals surface area contributed by atoms with E-state index in [2.05, 4.69) is 15.2 Å². The van der Waals surface area contributed by atoms with Crippen molar-refractivity contribution in [2.45, 2.75) is 12.8 Å². The molecule has 1 N–H and O–H groups in total. The highest BCUT2D eigenvalue weighted by Crippen LogP contribution is 2.21. The van der Waals surface area contributed by atoms with E-state index in [4.69, 9.17) is 4.74 Å². The number of halogens is 1. The summed E-state index contributed by atoms with van der Waals surface area (Å²) in [7, 11) is 0. The minimum absolute atomic E-state index is 0.282. The fourth-order valence-corrected chi connectivity index (χ4v) is 2.85. The topological polar surface area (TPSA) is 36.9 Å². The molecule has 4 nitrogen and oxygen atoms in total. The molecule has 5 heteroatoms. The Hall–Kier alpha value is -1.88. The first-order valence-corrected chi connectivity index (χ1v) is 7.83. The number of ether oxygens (including phenoxy) is 1. The molecular formula is C17H22FN3O. The summed E-state index contributed by atoms with van der Waals surface area (Å²) in [5.41, 5.74) is 1.23. The first-order chi connectivity index (χ1) is 10.8. The van der Waals surface area contributed by atoms with Crippen molar-refractivity contribution in [3.63, 3.8) is 0 Å². The second-order valence-corrected chi connectivity index (χ2v) is 5.85. The number of para-hydroxylation sites is 1. The van der Waals surface area contributed by atoms with Crippen molar-refractivity contribution >= 4 is 6.21 Å². The van der Waals surface area contributed by atoms with Gasteiger partial charge >= 0.3 is 0 Å². The molecule has 2 heterocycles. The van der Waals surface area contributed by atoms with E-state index in [0.717, 1.165) is 32.5 Å². The van der Waals surface area contributed by atoms with Gasteiger partial charge in [-0.05, 0) is 49.6 Å². The lowest BCUT2D eigenvalue weighted by atomic mass is 9.97. The minimum Gasteiger partial charge on any atom is -0.490 e. The fraction of sp³-hybridized carbons (Fsp3) is 0.471. The largest absolute Gasteiger partial charge is 0.490 e. The van der Waals surface area contributed by atoms with Crippen LogP contribution in [-0.2, 0) is 0 Å². The van der Waals surface area contributed by atoms with Crippen LogP contribution in [0.2, 0.25) is 0 Å². The Labute approximate surface area is 130 Å². The molecular weight excluding hydrogens is 281 g/mol. The molecule has 0 aliphatic carbocycles. The number of nitrogens with one attached hydrogen (secondary N) is 1. The number of likely N-dealkylation sites (tertiary alicyclic amines) is 1. The summed E-state index contributed by atoms with van der Waals surface area (Å²) in [5, 5.41) is 3.13. The number of benzene rings is 1. The van der Waals surface area contributed by atoms with Crippen LogP contribution in [0.5, 0.6) is 5.75 Å². The molecule has 0 spiro atoms. The van der Waals surface area contributed by atoms with Gasteiger partial charge in [-0.2, -0.15) is 0 Å². The Bertz CT molecular complexity index is 551. The van der Waals surface area contributed by atoms with Gasteiger partial charge in [-0.25, -0.2) is 4.39 Å². The first kappa shape index (κ1) is 15.0. The van der Waals surface area contributed by atoms with E-state index >= 15 is 0 Å². The lowest BCUT2D eigenvalue weighted by Crippen LogP contribution is -2.37.